The van der Waals surface area contributed by atoms with E-state index in [4.69, 9.17) is 4.74 Å². The van der Waals surface area contributed by atoms with Crippen molar-refractivity contribution < 1.29 is 14.3 Å². The summed E-state index contributed by atoms with van der Waals surface area (Å²) in [6, 6.07) is 11.4. The standard InChI is InChI=1S/C20H25N3O3S/c1-14-12-23(13-15(2)26-14)17-7-5-16(6-8-17)22-19(24)9-10-21-20(25)18-4-3-11-27-18/h3-8,11,14-15H,9-10,12-13H2,1-2H3,(H,21,25)(H,22,24). The minimum atomic E-state index is -0.142. The SMILES string of the molecule is CC1CN(c2ccc(NC(=O)CCNC(=O)c3cccs3)cc2)CC(C)O1. The van der Waals surface area contributed by atoms with E-state index < -0.39 is 0 Å². The zero-order chi connectivity index (χ0) is 19.2. The number of nitrogens with one attached hydrogen (secondary N) is 2. The summed E-state index contributed by atoms with van der Waals surface area (Å²) in [5, 5.41) is 7.47. The summed E-state index contributed by atoms with van der Waals surface area (Å²) in [7, 11) is 0. The third kappa shape index (κ3) is 5.55. The third-order valence-corrected chi connectivity index (χ3v) is 5.19. The van der Waals surface area contributed by atoms with E-state index in [1.54, 1.807) is 6.07 Å². The first-order valence-corrected chi connectivity index (χ1v) is 10.0. The van der Waals surface area contributed by atoms with Gasteiger partial charge in [-0.2, -0.15) is 0 Å². The van der Waals surface area contributed by atoms with Gasteiger partial charge in [0.15, 0.2) is 0 Å². The molecule has 7 heteroatoms. The highest BCUT2D eigenvalue weighted by molar-refractivity contribution is 7.12. The molecule has 0 saturated carbocycles. The Kier molecular flexibility index (Phi) is 6.47. The van der Waals surface area contributed by atoms with Crippen molar-refractivity contribution in [3.63, 3.8) is 0 Å². The normalized spacial score (nSPS) is 19.6. The number of nitrogens with zero attached hydrogens (tertiary/aromatic N) is 1. The number of benzene rings is 1. The number of hydrogen-bond acceptors (Lipinski definition) is 5. The summed E-state index contributed by atoms with van der Waals surface area (Å²) < 4.78 is 5.76. The summed E-state index contributed by atoms with van der Waals surface area (Å²) >= 11 is 1.38. The van der Waals surface area contributed by atoms with Crippen molar-refractivity contribution in [3.8, 4) is 0 Å². The van der Waals surface area contributed by atoms with Crippen molar-refractivity contribution >= 4 is 34.5 Å². The van der Waals surface area contributed by atoms with Crippen LogP contribution in [-0.2, 0) is 9.53 Å². The molecule has 1 aromatic heterocycles. The molecule has 0 radical (unpaired) electrons. The van der Waals surface area contributed by atoms with Crippen LogP contribution in [0.1, 0.15) is 29.9 Å². The van der Waals surface area contributed by atoms with Crippen molar-refractivity contribution in [1.29, 1.82) is 0 Å². The molecule has 3 rings (SSSR count). The van der Waals surface area contributed by atoms with Crippen LogP contribution in [0, 0.1) is 0 Å². The number of ether oxygens (including phenoxy) is 1. The van der Waals surface area contributed by atoms with Gasteiger partial charge in [-0.15, -0.1) is 11.3 Å². The molecule has 2 atom stereocenters. The number of thiophene rings is 1. The van der Waals surface area contributed by atoms with Gasteiger partial charge < -0.3 is 20.3 Å². The molecule has 2 aromatic rings. The zero-order valence-electron chi connectivity index (χ0n) is 15.6. The van der Waals surface area contributed by atoms with Gasteiger partial charge in [-0.25, -0.2) is 0 Å². The number of carbonyl (C=O) groups excluding carboxylic acids is 2. The van der Waals surface area contributed by atoms with Crippen LogP contribution >= 0.6 is 11.3 Å². The molecule has 2 N–H and O–H groups in total. The zero-order valence-corrected chi connectivity index (χ0v) is 16.4. The fourth-order valence-electron chi connectivity index (χ4n) is 3.15. The first-order valence-electron chi connectivity index (χ1n) is 9.13. The number of amides is 2. The van der Waals surface area contributed by atoms with Gasteiger partial charge in [0, 0.05) is 37.4 Å². The van der Waals surface area contributed by atoms with Gasteiger partial charge >= 0.3 is 0 Å². The molecular formula is C20H25N3O3S. The maximum atomic E-state index is 12.1. The molecule has 1 aliphatic heterocycles. The maximum absolute atomic E-state index is 12.1. The average Bonchev–Trinajstić information content (AvgIpc) is 3.16. The molecule has 0 spiro atoms. The highest BCUT2D eigenvalue weighted by Crippen LogP contribution is 2.22. The van der Waals surface area contributed by atoms with Crippen molar-refractivity contribution in [3.05, 3.63) is 46.7 Å². The van der Waals surface area contributed by atoms with Crippen molar-refractivity contribution in [2.45, 2.75) is 32.5 Å². The molecule has 2 unspecified atom stereocenters. The van der Waals surface area contributed by atoms with E-state index in [2.05, 4.69) is 29.4 Å². The quantitative estimate of drug-likeness (QED) is 0.799. The molecule has 1 saturated heterocycles. The Morgan fingerprint density at radius 2 is 1.85 bits per heavy atom. The number of rotatable bonds is 6. The minimum Gasteiger partial charge on any atom is -0.372 e. The predicted molar refractivity (Wildman–Crippen MR) is 109 cm³/mol. The van der Waals surface area contributed by atoms with Gasteiger partial charge in [0.05, 0.1) is 17.1 Å². The Balaban J connectivity index is 1.45. The second kappa shape index (κ2) is 9.01. The van der Waals surface area contributed by atoms with Crippen LogP contribution in [0.5, 0.6) is 0 Å². The number of morpholine rings is 1. The van der Waals surface area contributed by atoms with E-state index >= 15 is 0 Å². The molecule has 1 aromatic carbocycles. The van der Waals surface area contributed by atoms with Crippen LogP contribution in [0.3, 0.4) is 0 Å². The largest absolute Gasteiger partial charge is 0.372 e. The van der Waals surface area contributed by atoms with Crippen LogP contribution in [0.4, 0.5) is 11.4 Å². The van der Waals surface area contributed by atoms with Crippen molar-refractivity contribution in [2.24, 2.45) is 0 Å². The molecule has 0 aliphatic carbocycles. The Morgan fingerprint density at radius 3 is 2.48 bits per heavy atom. The Labute approximate surface area is 163 Å². The van der Waals surface area contributed by atoms with Crippen LogP contribution in [0.25, 0.3) is 0 Å². The van der Waals surface area contributed by atoms with Gasteiger partial charge in [0.25, 0.3) is 5.91 Å². The van der Waals surface area contributed by atoms with Gasteiger partial charge in [-0.05, 0) is 49.6 Å². The molecule has 2 amide bonds. The van der Waals surface area contributed by atoms with Crippen LogP contribution in [0.15, 0.2) is 41.8 Å². The van der Waals surface area contributed by atoms with Crippen molar-refractivity contribution in [1.82, 2.24) is 5.32 Å². The molecule has 2 heterocycles. The monoisotopic (exact) mass is 387 g/mol. The summed E-state index contributed by atoms with van der Waals surface area (Å²) in [4.78, 5) is 26.8. The first-order chi connectivity index (χ1) is 13.0. The molecule has 1 aliphatic rings. The second-order valence-electron chi connectivity index (χ2n) is 6.74. The van der Waals surface area contributed by atoms with Gasteiger partial charge in [0.1, 0.15) is 0 Å². The third-order valence-electron chi connectivity index (χ3n) is 4.32. The van der Waals surface area contributed by atoms with E-state index in [0.717, 1.165) is 24.5 Å². The first kappa shape index (κ1) is 19.4. The fourth-order valence-corrected chi connectivity index (χ4v) is 3.79. The lowest BCUT2D eigenvalue weighted by Gasteiger charge is -2.36. The topological polar surface area (TPSA) is 70.7 Å². The Morgan fingerprint density at radius 1 is 1.15 bits per heavy atom. The maximum Gasteiger partial charge on any atom is 0.261 e. The summed E-state index contributed by atoms with van der Waals surface area (Å²) in [6.45, 7) is 6.19. The lowest BCUT2D eigenvalue weighted by molar-refractivity contribution is -0.116. The van der Waals surface area contributed by atoms with E-state index in [0.29, 0.717) is 11.4 Å². The smallest absolute Gasteiger partial charge is 0.261 e. The highest BCUT2D eigenvalue weighted by Gasteiger charge is 2.22. The summed E-state index contributed by atoms with van der Waals surface area (Å²) in [6.07, 6.45) is 0.646. The van der Waals surface area contributed by atoms with E-state index in [1.807, 2.05) is 35.7 Å². The average molecular weight is 388 g/mol. The highest BCUT2D eigenvalue weighted by atomic mass is 32.1. The fraction of sp³-hybridized carbons (Fsp3) is 0.400. The minimum absolute atomic E-state index is 0.122. The van der Waals surface area contributed by atoms with E-state index in [-0.39, 0.29) is 30.4 Å². The Bertz CT molecular complexity index is 751. The number of anilines is 2. The summed E-state index contributed by atoms with van der Waals surface area (Å²) in [5.41, 5.74) is 1.88. The van der Waals surface area contributed by atoms with Crippen LogP contribution < -0.4 is 15.5 Å². The Hall–Kier alpha value is -2.38. The van der Waals surface area contributed by atoms with E-state index in [9.17, 15) is 9.59 Å². The molecule has 0 bridgehead atoms. The van der Waals surface area contributed by atoms with Crippen LogP contribution in [-0.4, -0.2) is 43.7 Å². The van der Waals surface area contributed by atoms with Gasteiger partial charge in [-0.3, -0.25) is 9.59 Å². The van der Waals surface area contributed by atoms with Gasteiger partial charge in [-0.1, -0.05) is 6.07 Å². The predicted octanol–water partition coefficient (Wildman–Crippen LogP) is 3.12. The molecule has 144 valence electrons. The van der Waals surface area contributed by atoms with E-state index in [1.165, 1.54) is 11.3 Å². The van der Waals surface area contributed by atoms with Gasteiger partial charge in [0.2, 0.25) is 5.91 Å². The molecular weight excluding hydrogens is 362 g/mol. The lowest BCUT2D eigenvalue weighted by atomic mass is 10.2. The summed E-state index contributed by atoms with van der Waals surface area (Å²) in [5.74, 6) is -0.265. The molecule has 6 nitrogen and oxygen atoms in total. The second-order valence-corrected chi connectivity index (χ2v) is 7.69. The number of hydrogen-bond donors (Lipinski definition) is 2. The van der Waals surface area contributed by atoms with Crippen LogP contribution in [0.2, 0.25) is 0 Å². The molecule has 27 heavy (non-hydrogen) atoms. The lowest BCUT2D eigenvalue weighted by Crippen LogP contribution is -2.45. The number of carbonyl (C=O) groups is 2. The molecule has 1 fully saturated rings. The van der Waals surface area contributed by atoms with Crippen molar-refractivity contribution in [2.75, 3.05) is 29.9 Å².